The van der Waals surface area contributed by atoms with E-state index >= 15 is 0 Å². The Morgan fingerprint density at radius 2 is 1.81 bits per heavy atom. The molecule has 0 bridgehead atoms. The van der Waals surface area contributed by atoms with Crippen LogP contribution in [0, 0.1) is 0 Å². The van der Waals surface area contributed by atoms with Crippen molar-refractivity contribution in [3.05, 3.63) is 88.4 Å². The molecule has 1 N–H and O–H groups in total. The molecule has 4 aromatic rings. The van der Waals surface area contributed by atoms with Gasteiger partial charge in [0.15, 0.2) is 5.69 Å². The van der Waals surface area contributed by atoms with Crippen LogP contribution in [0.25, 0.3) is 10.2 Å². The minimum absolute atomic E-state index is 0.151. The lowest BCUT2D eigenvalue weighted by atomic mass is 10.1. The molecular formula is C26H27N4OS+. The Morgan fingerprint density at radius 1 is 0.969 bits per heavy atom. The maximum Gasteiger partial charge on any atom is 0.300 e. The van der Waals surface area contributed by atoms with E-state index in [0.29, 0.717) is 6.42 Å². The molecule has 0 atom stereocenters. The molecule has 5 nitrogen and oxygen atoms in total. The summed E-state index contributed by atoms with van der Waals surface area (Å²) in [7, 11) is 0. The van der Waals surface area contributed by atoms with Gasteiger partial charge >= 0.3 is 5.82 Å². The van der Waals surface area contributed by atoms with Crippen LogP contribution < -0.4 is 4.98 Å². The van der Waals surface area contributed by atoms with Gasteiger partial charge in [-0.05, 0) is 48.2 Å². The Hall–Kier alpha value is -3.12. The highest BCUT2D eigenvalue weighted by Crippen LogP contribution is 2.20. The lowest BCUT2D eigenvalue weighted by Crippen LogP contribution is -2.31. The molecule has 0 unspecified atom stereocenters. The summed E-state index contributed by atoms with van der Waals surface area (Å²) >= 11 is 1.66. The van der Waals surface area contributed by atoms with Gasteiger partial charge in [0.25, 0.3) is 5.91 Å². The molecule has 1 fully saturated rings. The third-order valence-electron chi connectivity index (χ3n) is 6.02. The van der Waals surface area contributed by atoms with Gasteiger partial charge in [-0.3, -0.25) is 4.79 Å². The number of likely N-dealkylation sites (tertiary alicyclic amines) is 1. The molecule has 1 amide bonds. The smallest absolute Gasteiger partial charge is 0.300 e. The predicted molar refractivity (Wildman–Crippen MR) is 127 cm³/mol. The Morgan fingerprint density at radius 3 is 2.69 bits per heavy atom. The standard InChI is InChI=1S/C26H26N4OS/c31-26(30-12-3-1-2-4-13-30)21-7-5-6-19(14-21)17-25-27-11-10-22(29-25)15-20-8-9-23-24(16-20)32-18-28-23/h5-11,14,16,18H,1-4,12-13,15,17H2/p+1. The molecule has 0 radical (unpaired) electrons. The third-order valence-corrected chi connectivity index (χ3v) is 6.82. The van der Waals surface area contributed by atoms with Crippen molar-refractivity contribution in [3.8, 4) is 0 Å². The van der Waals surface area contributed by atoms with Gasteiger partial charge in [-0.25, -0.2) is 9.97 Å². The van der Waals surface area contributed by atoms with E-state index in [1.807, 2.05) is 40.9 Å². The van der Waals surface area contributed by atoms with Gasteiger partial charge < -0.3 is 4.90 Å². The van der Waals surface area contributed by atoms with Crippen molar-refractivity contribution in [2.45, 2.75) is 38.5 Å². The molecule has 6 heteroatoms. The van der Waals surface area contributed by atoms with Crippen LogP contribution in [0.4, 0.5) is 0 Å². The quantitative estimate of drug-likeness (QED) is 0.449. The second-order valence-corrected chi connectivity index (χ2v) is 9.33. The first-order valence-corrected chi connectivity index (χ1v) is 12.2. The molecule has 1 saturated heterocycles. The molecule has 5 rings (SSSR count). The summed E-state index contributed by atoms with van der Waals surface area (Å²) in [6, 6.07) is 16.4. The van der Waals surface area contributed by atoms with E-state index in [1.165, 1.54) is 23.1 Å². The summed E-state index contributed by atoms with van der Waals surface area (Å²) in [4.78, 5) is 27.5. The zero-order chi connectivity index (χ0) is 21.8. The van der Waals surface area contributed by atoms with Crippen molar-refractivity contribution >= 4 is 27.5 Å². The maximum atomic E-state index is 13.0. The first-order chi connectivity index (χ1) is 15.7. The number of fused-ring (bicyclic) bond motifs is 1. The summed E-state index contributed by atoms with van der Waals surface area (Å²) in [5.41, 5.74) is 7.06. The second-order valence-electron chi connectivity index (χ2n) is 8.44. The summed E-state index contributed by atoms with van der Waals surface area (Å²) < 4.78 is 1.20. The van der Waals surface area contributed by atoms with E-state index in [-0.39, 0.29) is 5.91 Å². The fourth-order valence-corrected chi connectivity index (χ4v) is 5.09. The van der Waals surface area contributed by atoms with E-state index in [4.69, 9.17) is 4.98 Å². The average molecular weight is 444 g/mol. The number of rotatable bonds is 5. The van der Waals surface area contributed by atoms with Gasteiger partial charge in [0, 0.05) is 31.1 Å². The topological polar surface area (TPSA) is 60.2 Å². The number of hydrogen-bond acceptors (Lipinski definition) is 4. The Kier molecular flexibility index (Phi) is 6.21. The highest BCUT2D eigenvalue weighted by molar-refractivity contribution is 7.16. The van der Waals surface area contributed by atoms with Crippen LogP contribution in [0.15, 0.2) is 60.2 Å². The fourth-order valence-electron chi connectivity index (χ4n) is 4.35. The number of H-pyrrole nitrogens is 1. The van der Waals surface area contributed by atoms with E-state index in [0.717, 1.165) is 60.5 Å². The number of aromatic amines is 1. The van der Waals surface area contributed by atoms with Crippen LogP contribution in [0.2, 0.25) is 0 Å². The van der Waals surface area contributed by atoms with E-state index in [1.54, 1.807) is 11.3 Å². The lowest BCUT2D eigenvalue weighted by Gasteiger charge is -2.20. The molecule has 2 aromatic heterocycles. The molecule has 3 heterocycles. The van der Waals surface area contributed by atoms with Crippen LogP contribution in [0.5, 0.6) is 0 Å². The van der Waals surface area contributed by atoms with Crippen LogP contribution >= 0.6 is 11.3 Å². The number of amides is 1. The molecule has 0 aliphatic carbocycles. The average Bonchev–Trinajstić information content (AvgIpc) is 3.11. The Balaban J connectivity index is 1.30. The summed E-state index contributed by atoms with van der Waals surface area (Å²) in [6.07, 6.45) is 8.06. The highest BCUT2D eigenvalue weighted by atomic mass is 32.1. The fraction of sp³-hybridized carbons (Fsp3) is 0.308. The minimum atomic E-state index is 0.151. The van der Waals surface area contributed by atoms with Crippen molar-refractivity contribution in [2.75, 3.05) is 13.1 Å². The summed E-state index contributed by atoms with van der Waals surface area (Å²) in [5.74, 6) is 1.05. The number of carbonyl (C=O) groups excluding carboxylic acids is 1. The Labute approximate surface area is 192 Å². The van der Waals surface area contributed by atoms with E-state index in [2.05, 4.69) is 34.2 Å². The summed E-state index contributed by atoms with van der Waals surface area (Å²) in [6.45, 7) is 1.74. The molecule has 1 aliphatic rings. The lowest BCUT2D eigenvalue weighted by molar-refractivity contribution is -0.394. The van der Waals surface area contributed by atoms with Crippen LogP contribution in [-0.2, 0) is 12.8 Å². The zero-order valence-electron chi connectivity index (χ0n) is 18.1. The first kappa shape index (κ1) is 20.8. The largest absolute Gasteiger partial charge is 0.339 e. The zero-order valence-corrected chi connectivity index (χ0v) is 18.9. The number of benzene rings is 2. The molecule has 0 spiro atoms. The van der Waals surface area contributed by atoms with Crippen LogP contribution in [0.1, 0.15) is 58.7 Å². The Bertz CT molecular complexity index is 1230. The molecule has 2 aromatic carbocycles. The number of carbonyl (C=O) groups is 1. The van der Waals surface area contributed by atoms with Crippen molar-refractivity contribution < 1.29 is 9.78 Å². The minimum Gasteiger partial charge on any atom is -0.339 e. The molecule has 0 saturated carbocycles. The molecule has 1 aliphatic heterocycles. The van der Waals surface area contributed by atoms with Crippen molar-refractivity contribution in [3.63, 3.8) is 0 Å². The van der Waals surface area contributed by atoms with Gasteiger partial charge in [-0.1, -0.05) is 36.0 Å². The third kappa shape index (κ3) is 4.86. The summed E-state index contributed by atoms with van der Waals surface area (Å²) in [5, 5.41) is 0. The van der Waals surface area contributed by atoms with Gasteiger partial charge in [-0.2, -0.15) is 0 Å². The number of thiazole rings is 1. The van der Waals surface area contributed by atoms with E-state index in [9.17, 15) is 4.79 Å². The van der Waals surface area contributed by atoms with Gasteiger partial charge in [0.2, 0.25) is 0 Å². The van der Waals surface area contributed by atoms with Gasteiger partial charge in [0.05, 0.1) is 28.3 Å². The normalized spacial score (nSPS) is 14.4. The van der Waals surface area contributed by atoms with Gasteiger partial charge in [-0.15, -0.1) is 11.3 Å². The van der Waals surface area contributed by atoms with Crippen molar-refractivity contribution in [1.29, 1.82) is 0 Å². The predicted octanol–water partition coefficient (Wildman–Crippen LogP) is 4.70. The second kappa shape index (κ2) is 9.57. The van der Waals surface area contributed by atoms with Gasteiger partial charge in [0.1, 0.15) is 0 Å². The maximum absolute atomic E-state index is 13.0. The number of nitrogens with zero attached hydrogens (tertiary/aromatic N) is 3. The van der Waals surface area contributed by atoms with Crippen LogP contribution in [0.3, 0.4) is 0 Å². The monoisotopic (exact) mass is 443 g/mol. The van der Waals surface area contributed by atoms with Crippen LogP contribution in [-0.4, -0.2) is 33.9 Å². The van der Waals surface area contributed by atoms with Crippen molar-refractivity contribution in [2.24, 2.45) is 0 Å². The number of aromatic nitrogens is 3. The molecular weight excluding hydrogens is 416 g/mol. The highest BCUT2D eigenvalue weighted by Gasteiger charge is 2.18. The SMILES string of the molecule is O=C(c1cccc(Cc2nc(Cc3ccc4ncsc4c3)cc[nH+]2)c1)N1CCCCCC1. The number of nitrogens with one attached hydrogen (secondary N) is 1. The van der Waals surface area contributed by atoms with E-state index < -0.39 is 0 Å². The number of hydrogen-bond donors (Lipinski definition) is 0. The van der Waals surface area contributed by atoms with Crippen molar-refractivity contribution in [1.82, 2.24) is 14.9 Å². The molecule has 162 valence electrons. The first-order valence-electron chi connectivity index (χ1n) is 11.3. The molecule has 32 heavy (non-hydrogen) atoms.